The Labute approximate surface area is 150 Å². The zero-order chi connectivity index (χ0) is 18.4. The molecule has 1 aromatic carbocycles. The average Bonchev–Trinajstić information content (AvgIpc) is 2.40. The van der Waals surface area contributed by atoms with Gasteiger partial charge in [0.1, 0.15) is 5.75 Å². The van der Waals surface area contributed by atoms with Gasteiger partial charge in [-0.1, -0.05) is 98.8 Å². The lowest BCUT2D eigenvalue weighted by molar-refractivity contribution is 0.147. The first-order chi connectivity index (χ1) is 11.1. The van der Waals surface area contributed by atoms with Gasteiger partial charge in [-0.2, -0.15) is 0 Å². The van der Waals surface area contributed by atoms with Crippen molar-refractivity contribution in [3.63, 3.8) is 0 Å². The molecule has 1 fully saturated rings. The minimum atomic E-state index is 0.0331. The third-order valence-corrected chi connectivity index (χ3v) is 5.42. The Kier molecular flexibility index (Phi) is 7.83. The minimum absolute atomic E-state index is 0.0331. The lowest BCUT2D eigenvalue weighted by atomic mass is 9.69. The van der Waals surface area contributed by atoms with Crippen LogP contribution in [0, 0.1) is 17.3 Å². The van der Waals surface area contributed by atoms with Gasteiger partial charge in [-0.3, -0.25) is 0 Å². The largest absolute Gasteiger partial charge is 0.508 e. The van der Waals surface area contributed by atoms with Gasteiger partial charge in [0.05, 0.1) is 0 Å². The van der Waals surface area contributed by atoms with Gasteiger partial charge in [0, 0.05) is 0 Å². The smallest absolute Gasteiger partial charge is 0.119 e. The van der Waals surface area contributed by atoms with Crippen molar-refractivity contribution in [3.05, 3.63) is 29.8 Å². The molecule has 1 atom stereocenters. The fraction of sp³-hybridized carbons (Fsp3) is 0.739. The highest BCUT2D eigenvalue weighted by Crippen LogP contribution is 2.40. The molecule has 1 aliphatic rings. The summed E-state index contributed by atoms with van der Waals surface area (Å²) in [4.78, 5) is 0. The fourth-order valence-corrected chi connectivity index (χ4v) is 3.49. The molecule has 1 nitrogen and oxygen atoms in total. The molecule has 1 saturated carbocycles. The lowest BCUT2D eigenvalue weighted by Crippen LogP contribution is -2.25. The van der Waals surface area contributed by atoms with Crippen LogP contribution in [-0.2, 0) is 5.41 Å². The van der Waals surface area contributed by atoms with E-state index < -0.39 is 0 Å². The van der Waals surface area contributed by atoms with Gasteiger partial charge in [0.2, 0.25) is 0 Å². The van der Waals surface area contributed by atoms with Crippen molar-refractivity contribution in [1.29, 1.82) is 0 Å². The quantitative estimate of drug-likeness (QED) is 0.612. The molecule has 0 spiro atoms. The third-order valence-electron chi connectivity index (χ3n) is 5.42. The summed E-state index contributed by atoms with van der Waals surface area (Å²) in [5.41, 5.74) is 1.57. The number of phenolic OH excluding ortho intramolecular Hbond substituents is 1. The number of aromatic hydroxyl groups is 1. The second-order valence-corrected chi connectivity index (χ2v) is 9.65. The summed E-state index contributed by atoms with van der Waals surface area (Å²) >= 11 is 0. The molecule has 1 aliphatic carbocycles. The molecule has 0 heterocycles. The van der Waals surface area contributed by atoms with Crippen LogP contribution in [0.5, 0.6) is 5.75 Å². The van der Waals surface area contributed by atoms with Crippen molar-refractivity contribution < 1.29 is 5.11 Å². The molecular weight excluding hydrogens is 292 g/mol. The van der Waals surface area contributed by atoms with Gasteiger partial charge in [-0.25, -0.2) is 0 Å². The molecule has 1 heteroatoms. The summed E-state index contributed by atoms with van der Waals surface area (Å²) in [5.74, 6) is 2.43. The molecule has 0 saturated heterocycles. The number of phenols is 1. The zero-order valence-electron chi connectivity index (χ0n) is 17.2. The van der Waals surface area contributed by atoms with Crippen LogP contribution in [0.4, 0.5) is 0 Å². The van der Waals surface area contributed by atoms with Crippen LogP contribution in [0.3, 0.4) is 0 Å². The van der Waals surface area contributed by atoms with Crippen molar-refractivity contribution in [2.75, 3.05) is 0 Å². The van der Waals surface area contributed by atoms with Crippen LogP contribution in [0.15, 0.2) is 24.3 Å². The van der Waals surface area contributed by atoms with Gasteiger partial charge in [0.25, 0.3) is 0 Å². The molecule has 0 aromatic heterocycles. The first-order valence-electron chi connectivity index (χ1n) is 9.84. The summed E-state index contributed by atoms with van der Waals surface area (Å²) in [6.07, 6.45) is 8.80. The normalized spacial score (nSPS) is 16.8. The molecule has 2 rings (SSSR count). The van der Waals surface area contributed by atoms with Crippen LogP contribution in [0.2, 0.25) is 0 Å². The molecule has 138 valence electrons. The number of hydrogen-bond acceptors (Lipinski definition) is 1. The molecule has 0 aliphatic heterocycles. The molecule has 24 heavy (non-hydrogen) atoms. The summed E-state index contributed by atoms with van der Waals surface area (Å²) in [7, 11) is 0. The highest BCUT2D eigenvalue weighted by Gasteiger charge is 2.28. The monoisotopic (exact) mass is 332 g/mol. The van der Waals surface area contributed by atoms with Crippen molar-refractivity contribution in [2.45, 2.75) is 92.4 Å². The van der Waals surface area contributed by atoms with E-state index in [-0.39, 0.29) is 5.41 Å². The Morgan fingerprint density at radius 3 is 1.96 bits per heavy atom. The molecule has 1 N–H and O–H groups in total. The Morgan fingerprint density at radius 2 is 1.62 bits per heavy atom. The first kappa shape index (κ1) is 21.1. The maximum atomic E-state index is 9.45. The number of rotatable bonds is 4. The van der Waals surface area contributed by atoms with Crippen LogP contribution in [0.25, 0.3) is 0 Å². The van der Waals surface area contributed by atoms with Crippen LogP contribution >= 0.6 is 0 Å². The SMILES string of the molecule is CC(C)(C)c1ccccc1O.CCCC(CC1CCC1)C(C)(C)C. The maximum absolute atomic E-state index is 9.45. The summed E-state index contributed by atoms with van der Waals surface area (Å²) < 4.78 is 0. The summed E-state index contributed by atoms with van der Waals surface area (Å²) in [5, 5.41) is 9.45. The van der Waals surface area contributed by atoms with E-state index in [1.165, 1.54) is 38.5 Å². The predicted molar refractivity (Wildman–Crippen MR) is 107 cm³/mol. The zero-order valence-corrected chi connectivity index (χ0v) is 17.2. The van der Waals surface area contributed by atoms with Crippen LogP contribution < -0.4 is 0 Å². The maximum Gasteiger partial charge on any atom is 0.119 e. The summed E-state index contributed by atoms with van der Waals surface area (Å²) in [6, 6.07) is 7.46. The van der Waals surface area contributed by atoms with Crippen molar-refractivity contribution >= 4 is 0 Å². The van der Waals surface area contributed by atoms with E-state index in [2.05, 4.69) is 48.5 Å². The lowest BCUT2D eigenvalue weighted by Gasteiger charge is -2.36. The van der Waals surface area contributed by atoms with Gasteiger partial charge in [0.15, 0.2) is 0 Å². The van der Waals surface area contributed by atoms with E-state index in [1.807, 2.05) is 18.2 Å². The second-order valence-electron chi connectivity index (χ2n) is 9.65. The van der Waals surface area contributed by atoms with Crippen LogP contribution in [-0.4, -0.2) is 5.11 Å². The van der Waals surface area contributed by atoms with E-state index in [9.17, 15) is 5.11 Å². The standard InChI is InChI=1S/C13H26.C10H14O/c1-5-7-12(13(2,3)4)10-11-8-6-9-11;1-10(2,3)8-6-4-5-7-9(8)11/h11-12H,5-10H2,1-4H3;4-7,11H,1-3H3. The molecule has 0 amide bonds. The number of hydrogen-bond donors (Lipinski definition) is 1. The minimum Gasteiger partial charge on any atom is -0.508 e. The van der Waals surface area contributed by atoms with Gasteiger partial charge in [-0.05, 0) is 40.7 Å². The average molecular weight is 333 g/mol. The second kappa shape index (κ2) is 8.92. The summed E-state index contributed by atoms with van der Waals surface area (Å²) in [6.45, 7) is 15.8. The van der Waals surface area contributed by atoms with E-state index in [0.29, 0.717) is 11.2 Å². The van der Waals surface area contributed by atoms with E-state index in [1.54, 1.807) is 6.07 Å². The Hall–Kier alpha value is -0.980. The highest BCUT2D eigenvalue weighted by atomic mass is 16.3. The van der Waals surface area contributed by atoms with Gasteiger partial charge < -0.3 is 5.11 Å². The highest BCUT2D eigenvalue weighted by molar-refractivity contribution is 5.36. The molecule has 0 bridgehead atoms. The van der Waals surface area contributed by atoms with Crippen molar-refractivity contribution in [2.24, 2.45) is 17.3 Å². The Bertz CT molecular complexity index is 472. The van der Waals surface area contributed by atoms with Crippen molar-refractivity contribution in [1.82, 2.24) is 0 Å². The first-order valence-corrected chi connectivity index (χ1v) is 9.84. The van der Waals surface area contributed by atoms with E-state index in [0.717, 1.165) is 17.4 Å². The third kappa shape index (κ3) is 6.87. The Morgan fingerprint density at radius 1 is 1.04 bits per heavy atom. The van der Waals surface area contributed by atoms with E-state index in [4.69, 9.17) is 0 Å². The molecular formula is C23H40O. The van der Waals surface area contributed by atoms with E-state index >= 15 is 0 Å². The molecule has 1 aromatic rings. The molecule has 1 unspecified atom stereocenters. The topological polar surface area (TPSA) is 20.2 Å². The van der Waals surface area contributed by atoms with Crippen LogP contribution in [0.1, 0.15) is 92.6 Å². The predicted octanol–water partition coefficient (Wildman–Crippen LogP) is 7.33. The fourth-order valence-electron chi connectivity index (χ4n) is 3.49. The number of para-hydroxylation sites is 1. The van der Waals surface area contributed by atoms with Gasteiger partial charge in [-0.15, -0.1) is 0 Å². The molecule has 0 radical (unpaired) electrons. The van der Waals surface area contributed by atoms with Gasteiger partial charge >= 0.3 is 0 Å². The Balaban J connectivity index is 0.000000243. The number of benzene rings is 1. The van der Waals surface area contributed by atoms with Crippen molar-refractivity contribution in [3.8, 4) is 5.75 Å².